The van der Waals surface area contributed by atoms with E-state index >= 15 is 0 Å². The number of carbonyl (C=O) groups excluding carboxylic acids is 3. The number of benzene rings is 1. The van der Waals surface area contributed by atoms with Crippen molar-refractivity contribution in [2.45, 2.75) is 13.0 Å². The summed E-state index contributed by atoms with van der Waals surface area (Å²) in [7, 11) is 3.94. The van der Waals surface area contributed by atoms with Gasteiger partial charge in [0.15, 0.2) is 11.5 Å². The second kappa shape index (κ2) is 7.47. The summed E-state index contributed by atoms with van der Waals surface area (Å²) >= 11 is 0.711. The lowest BCUT2D eigenvalue weighted by atomic mass is 10.1. The van der Waals surface area contributed by atoms with E-state index in [1.54, 1.807) is 0 Å². The van der Waals surface area contributed by atoms with Gasteiger partial charge in [-0.05, 0) is 42.5 Å². The van der Waals surface area contributed by atoms with Gasteiger partial charge < -0.3 is 19.3 Å². The summed E-state index contributed by atoms with van der Waals surface area (Å²) in [6.45, 7) is 1.41. The zero-order valence-corrected chi connectivity index (χ0v) is 14.9. The number of hydrogen-bond acceptors (Lipinski definition) is 8. The molecule has 1 aliphatic rings. The topological polar surface area (TPSA) is 102 Å². The largest absolute Gasteiger partial charge is 0.502 e. The van der Waals surface area contributed by atoms with Gasteiger partial charge in [0.1, 0.15) is 6.04 Å². The maximum absolute atomic E-state index is 12.5. The summed E-state index contributed by atoms with van der Waals surface area (Å²) in [4.78, 5) is 37.1. The number of phenols is 1. The van der Waals surface area contributed by atoms with E-state index in [2.05, 4.69) is 4.74 Å². The molecule has 2 rings (SSSR count). The molecule has 0 unspecified atom stereocenters. The molecular formula is C16H17NO7S. The van der Waals surface area contributed by atoms with Crippen LogP contribution in [0.1, 0.15) is 12.5 Å². The molecule has 1 atom stereocenters. The third-order valence-corrected chi connectivity index (χ3v) is 4.44. The quantitative estimate of drug-likeness (QED) is 0.623. The van der Waals surface area contributed by atoms with Gasteiger partial charge in [-0.2, -0.15) is 0 Å². The first-order valence-corrected chi connectivity index (χ1v) is 7.95. The van der Waals surface area contributed by atoms with Crippen LogP contribution in [0.15, 0.2) is 17.0 Å². The highest BCUT2D eigenvalue weighted by atomic mass is 32.2. The number of rotatable bonds is 5. The summed E-state index contributed by atoms with van der Waals surface area (Å²) in [5.74, 6) is -1.13. The van der Waals surface area contributed by atoms with E-state index in [9.17, 15) is 19.5 Å². The lowest BCUT2D eigenvalue weighted by molar-refractivity contribution is -0.148. The number of thioether (sulfide) groups is 1. The minimum Gasteiger partial charge on any atom is -0.502 e. The monoisotopic (exact) mass is 367 g/mol. The fourth-order valence-corrected chi connectivity index (χ4v) is 3.15. The molecule has 2 amide bonds. The number of methoxy groups -OCH3 is 3. The molecule has 1 N–H and O–H groups in total. The Morgan fingerprint density at radius 1 is 1.20 bits per heavy atom. The molecule has 1 aromatic rings. The molecule has 1 saturated heterocycles. The number of nitrogens with zero attached hydrogens (tertiary/aromatic N) is 1. The van der Waals surface area contributed by atoms with Gasteiger partial charge in [0.05, 0.1) is 26.2 Å². The van der Waals surface area contributed by atoms with Gasteiger partial charge in [0.25, 0.3) is 11.1 Å². The first kappa shape index (κ1) is 18.7. The van der Waals surface area contributed by atoms with E-state index in [-0.39, 0.29) is 22.2 Å². The molecule has 8 nitrogen and oxygen atoms in total. The standard InChI is InChI=1S/C16H17NO7S/c1-8(15(20)24-4)17-14(19)12(25-16(17)21)7-9-5-10(22-2)13(18)11(6-9)23-3/h5-8,18H,1-4H3/b12-7+/t8-/m1/s1. The van der Waals surface area contributed by atoms with Gasteiger partial charge >= 0.3 is 5.97 Å². The third-order valence-electron chi connectivity index (χ3n) is 3.55. The average Bonchev–Trinajstić information content (AvgIpc) is 2.88. The lowest BCUT2D eigenvalue weighted by Crippen LogP contribution is -2.42. The normalized spacial score (nSPS) is 17.0. The zero-order valence-electron chi connectivity index (χ0n) is 14.1. The average molecular weight is 367 g/mol. The molecule has 1 heterocycles. The molecule has 0 bridgehead atoms. The van der Waals surface area contributed by atoms with Crippen LogP contribution < -0.4 is 9.47 Å². The predicted octanol–water partition coefficient (Wildman–Crippen LogP) is 2.01. The van der Waals surface area contributed by atoms with Gasteiger partial charge in [0, 0.05) is 0 Å². The molecule has 25 heavy (non-hydrogen) atoms. The van der Waals surface area contributed by atoms with Crippen LogP contribution >= 0.6 is 11.8 Å². The fraction of sp³-hybridized carbons (Fsp3) is 0.312. The molecular weight excluding hydrogens is 350 g/mol. The number of carbonyl (C=O) groups is 3. The Labute approximate surface area is 148 Å². The smallest absolute Gasteiger partial charge is 0.328 e. The van der Waals surface area contributed by atoms with Crippen LogP contribution in [0.3, 0.4) is 0 Å². The molecule has 1 fully saturated rings. The van der Waals surface area contributed by atoms with Crippen LogP contribution in [-0.2, 0) is 14.3 Å². The molecule has 0 radical (unpaired) electrons. The maximum atomic E-state index is 12.5. The highest BCUT2D eigenvalue weighted by Gasteiger charge is 2.41. The molecule has 0 spiro atoms. The van der Waals surface area contributed by atoms with E-state index in [0.29, 0.717) is 17.3 Å². The van der Waals surface area contributed by atoms with Gasteiger partial charge in [-0.1, -0.05) is 0 Å². The summed E-state index contributed by atoms with van der Waals surface area (Å²) in [6.07, 6.45) is 1.46. The van der Waals surface area contributed by atoms with Crippen molar-refractivity contribution in [3.05, 3.63) is 22.6 Å². The number of amides is 2. The molecule has 0 aliphatic carbocycles. The van der Waals surface area contributed by atoms with Crippen molar-refractivity contribution in [3.63, 3.8) is 0 Å². The van der Waals surface area contributed by atoms with Crippen molar-refractivity contribution in [3.8, 4) is 17.2 Å². The van der Waals surface area contributed by atoms with Crippen LogP contribution in [0, 0.1) is 0 Å². The molecule has 9 heteroatoms. The van der Waals surface area contributed by atoms with Crippen molar-refractivity contribution < 1.29 is 33.7 Å². The Morgan fingerprint density at radius 3 is 2.24 bits per heavy atom. The molecule has 0 saturated carbocycles. The van der Waals surface area contributed by atoms with Crippen LogP contribution in [-0.4, -0.2) is 54.5 Å². The number of esters is 1. The first-order valence-electron chi connectivity index (χ1n) is 7.13. The molecule has 0 aromatic heterocycles. The Morgan fingerprint density at radius 2 is 1.76 bits per heavy atom. The van der Waals surface area contributed by atoms with Gasteiger partial charge in [0.2, 0.25) is 5.75 Å². The van der Waals surface area contributed by atoms with Gasteiger partial charge in [-0.25, -0.2) is 4.79 Å². The summed E-state index contributed by atoms with van der Waals surface area (Å²) < 4.78 is 14.7. The predicted molar refractivity (Wildman–Crippen MR) is 90.5 cm³/mol. The van der Waals surface area contributed by atoms with E-state index in [0.717, 1.165) is 4.90 Å². The number of imide groups is 1. The van der Waals surface area contributed by atoms with Crippen LogP contribution in [0.25, 0.3) is 6.08 Å². The number of aromatic hydroxyl groups is 1. The van der Waals surface area contributed by atoms with Crippen LogP contribution in [0.5, 0.6) is 17.2 Å². The lowest BCUT2D eigenvalue weighted by Gasteiger charge is -2.18. The third kappa shape index (κ3) is 3.55. The summed E-state index contributed by atoms with van der Waals surface area (Å²) in [5.41, 5.74) is 0.489. The summed E-state index contributed by atoms with van der Waals surface area (Å²) in [5, 5.41) is 9.35. The van der Waals surface area contributed by atoms with Crippen LogP contribution in [0.2, 0.25) is 0 Å². The Hall–Kier alpha value is -2.68. The maximum Gasteiger partial charge on any atom is 0.328 e. The van der Waals surface area contributed by atoms with Crippen molar-refractivity contribution in [2.24, 2.45) is 0 Å². The van der Waals surface area contributed by atoms with E-state index in [1.165, 1.54) is 46.5 Å². The minimum absolute atomic E-state index is 0.135. The number of phenolic OH excluding ortho intramolecular Hbond substituents is 1. The fourth-order valence-electron chi connectivity index (χ4n) is 2.24. The van der Waals surface area contributed by atoms with Gasteiger partial charge in [-0.3, -0.25) is 14.5 Å². The number of ether oxygens (including phenoxy) is 3. The summed E-state index contributed by atoms with van der Waals surface area (Å²) in [6, 6.07) is 1.97. The van der Waals surface area contributed by atoms with E-state index in [4.69, 9.17) is 9.47 Å². The zero-order chi connectivity index (χ0) is 18.7. The molecule has 134 valence electrons. The van der Waals surface area contributed by atoms with E-state index < -0.39 is 23.2 Å². The van der Waals surface area contributed by atoms with Gasteiger partial charge in [-0.15, -0.1) is 0 Å². The van der Waals surface area contributed by atoms with Crippen molar-refractivity contribution >= 4 is 35.0 Å². The Balaban J connectivity index is 2.38. The second-order valence-electron chi connectivity index (χ2n) is 5.02. The highest BCUT2D eigenvalue weighted by molar-refractivity contribution is 8.18. The number of hydrogen-bond donors (Lipinski definition) is 1. The van der Waals surface area contributed by atoms with Crippen molar-refractivity contribution in [2.75, 3.05) is 21.3 Å². The van der Waals surface area contributed by atoms with Crippen LogP contribution in [0.4, 0.5) is 4.79 Å². The van der Waals surface area contributed by atoms with Crippen molar-refractivity contribution in [1.82, 2.24) is 4.90 Å². The Kier molecular flexibility index (Phi) is 5.58. The minimum atomic E-state index is -1.02. The molecule has 1 aliphatic heterocycles. The van der Waals surface area contributed by atoms with Crippen molar-refractivity contribution in [1.29, 1.82) is 0 Å². The molecule has 1 aromatic carbocycles. The first-order chi connectivity index (χ1) is 11.8. The highest BCUT2D eigenvalue weighted by Crippen LogP contribution is 2.39. The second-order valence-corrected chi connectivity index (χ2v) is 6.02. The Bertz CT molecular complexity index is 734. The SMILES string of the molecule is COC(=O)[C@@H](C)N1C(=O)S/C(=C/c2cc(OC)c(O)c(OC)c2)C1=O. The van der Waals surface area contributed by atoms with E-state index in [1.807, 2.05) is 0 Å².